The first kappa shape index (κ1) is 22.3. The molecular formula is C21H23Cl2N3Zr. The zero-order valence-corrected chi connectivity index (χ0v) is 20.2. The molecule has 0 aliphatic heterocycles. The minimum Gasteiger partial charge on any atom is -1.00 e. The second-order valence-corrected chi connectivity index (χ2v) is 10.8. The Morgan fingerprint density at radius 3 is 2.19 bits per heavy atom. The number of fused-ring (bicyclic) bond motifs is 1. The van der Waals surface area contributed by atoms with E-state index in [0.717, 1.165) is 0 Å². The van der Waals surface area contributed by atoms with E-state index in [1.54, 1.807) is 6.56 Å². The molecule has 0 saturated carbocycles. The third kappa shape index (κ3) is 3.57. The van der Waals surface area contributed by atoms with Crippen molar-refractivity contribution in [3.63, 3.8) is 0 Å². The van der Waals surface area contributed by atoms with Gasteiger partial charge in [0, 0.05) is 0 Å². The number of allylic oxidation sites excluding steroid dienone is 5. The first-order valence-corrected chi connectivity index (χ1v) is 11.2. The summed E-state index contributed by atoms with van der Waals surface area (Å²) in [4.78, 5) is 0. The van der Waals surface area contributed by atoms with Crippen molar-refractivity contribution in [2.45, 2.75) is 40.7 Å². The van der Waals surface area contributed by atoms with Crippen LogP contribution in [0.2, 0.25) is 0 Å². The Morgan fingerprint density at radius 1 is 0.963 bits per heavy atom. The van der Waals surface area contributed by atoms with Gasteiger partial charge in [0.25, 0.3) is 0 Å². The number of halogens is 2. The maximum atomic E-state index is 4.06. The zero-order chi connectivity index (χ0) is 17.8. The van der Waals surface area contributed by atoms with Crippen molar-refractivity contribution in [2.75, 3.05) is 0 Å². The van der Waals surface area contributed by atoms with Crippen molar-refractivity contribution in [2.24, 2.45) is 5.41 Å². The molecule has 1 heterocycles. The average Bonchev–Trinajstić information content (AvgIpc) is 3.26. The van der Waals surface area contributed by atoms with Crippen molar-refractivity contribution in [3.8, 4) is 0 Å². The molecule has 1 atom stereocenters. The fourth-order valence-electron chi connectivity index (χ4n) is 4.06. The van der Waals surface area contributed by atoms with Crippen LogP contribution in [-0.2, 0) is 23.2 Å². The molecule has 2 aromatic rings. The predicted octanol–water partition coefficient (Wildman–Crippen LogP) is -1.04. The summed E-state index contributed by atoms with van der Waals surface area (Å²) < 4.78 is 5.47. The van der Waals surface area contributed by atoms with E-state index < -0.39 is 23.2 Å². The Labute approximate surface area is 185 Å². The number of hydrogen-bond donors (Lipinski definition) is 0. The quantitative estimate of drug-likeness (QED) is 0.564. The normalized spacial score (nSPS) is 19.9. The van der Waals surface area contributed by atoms with Crippen LogP contribution < -0.4 is 24.8 Å². The number of aromatic nitrogens is 3. The van der Waals surface area contributed by atoms with Gasteiger partial charge >= 0.3 is 161 Å². The van der Waals surface area contributed by atoms with Crippen LogP contribution in [0.25, 0.3) is 6.08 Å². The third-order valence-corrected chi connectivity index (χ3v) is 10.8. The minimum atomic E-state index is -0.910. The van der Waals surface area contributed by atoms with E-state index in [4.69, 9.17) is 0 Å². The Kier molecular flexibility index (Phi) is 6.77. The van der Waals surface area contributed by atoms with Crippen LogP contribution in [0.3, 0.4) is 0 Å². The summed E-state index contributed by atoms with van der Waals surface area (Å²) >= 11 is -0.910. The van der Waals surface area contributed by atoms with Gasteiger partial charge in [-0.3, -0.25) is 0 Å². The van der Waals surface area contributed by atoms with Gasteiger partial charge in [-0.15, -0.1) is 0 Å². The van der Waals surface area contributed by atoms with Gasteiger partial charge in [-0.2, -0.15) is 0 Å². The van der Waals surface area contributed by atoms with Gasteiger partial charge in [-0.1, -0.05) is 0 Å². The summed E-state index contributed by atoms with van der Waals surface area (Å²) in [6, 6.07) is 9.02. The Hall–Kier alpha value is -0.957. The van der Waals surface area contributed by atoms with Crippen LogP contribution in [0.1, 0.15) is 51.8 Å². The van der Waals surface area contributed by atoms with Crippen LogP contribution in [0.15, 0.2) is 60.2 Å². The molecule has 27 heavy (non-hydrogen) atoms. The molecule has 4 rings (SSSR count). The van der Waals surface area contributed by atoms with Crippen LogP contribution in [0, 0.1) is 5.41 Å². The first-order chi connectivity index (χ1) is 11.9. The van der Waals surface area contributed by atoms with E-state index >= 15 is 0 Å². The molecule has 0 bridgehead atoms. The van der Waals surface area contributed by atoms with Crippen molar-refractivity contribution in [1.29, 1.82) is 0 Å². The molecule has 0 amide bonds. The molecule has 0 spiro atoms. The van der Waals surface area contributed by atoms with E-state index in [9.17, 15) is 0 Å². The summed E-state index contributed by atoms with van der Waals surface area (Å²) in [5.74, 6) is 0. The second kappa shape index (κ2) is 8.19. The Balaban J connectivity index is 0.00000131. The van der Waals surface area contributed by atoms with Gasteiger partial charge in [0.2, 0.25) is 0 Å². The molecule has 0 fully saturated rings. The largest absolute Gasteiger partial charge is 1.00 e. The molecule has 1 unspecified atom stereocenters. The zero-order valence-electron chi connectivity index (χ0n) is 16.2. The molecule has 140 valence electrons. The summed E-state index contributed by atoms with van der Waals surface area (Å²) in [5.41, 5.74) is 7.51. The number of benzene rings is 1. The van der Waals surface area contributed by atoms with Gasteiger partial charge in [0.05, 0.1) is 0 Å². The number of nitrogens with zero attached hydrogens (tertiary/aromatic N) is 3. The molecule has 1 aromatic heterocycles. The van der Waals surface area contributed by atoms with Crippen LogP contribution in [0.5, 0.6) is 0 Å². The van der Waals surface area contributed by atoms with Gasteiger partial charge in [-0.25, -0.2) is 0 Å². The molecule has 6 heteroatoms. The molecule has 0 radical (unpaired) electrons. The molecule has 2 aliphatic carbocycles. The standard InChI is InChI=1S/C11H8N3.C10H15.2ClH.Zr/c1-2-4-10-9(3-1)5-6-11(10)14-7-12-13-8-14;1-7-6-10(4,5)9(3)8(7)2;;;/h1-5,7-8,11H;1-5H3;2*1H;/q;;;;+2/p-2. The minimum absolute atomic E-state index is 0. The summed E-state index contributed by atoms with van der Waals surface area (Å²) in [6.07, 6.45) is 6.15. The van der Waals surface area contributed by atoms with E-state index in [1.807, 2.05) is 12.7 Å². The van der Waals surface area contributed by atoms with Gasteiger partial charge in [0.1, 0.15) is 0 Å². The van der Waals surface area contributed by atoms with Crippen molar-refractivity contribution < 1.29 is 48.0 Å². The second-order valence-electron chi connectivity index (χ2n) is 7.54. The summed E-state index contributed by atoms with van der Waals surface area (Å²) in [7, 11) is 0. The van der Waals surface area contributed by atoms with E-state index in [-0.39, 0.29) is 36.3 Å². The van der Waals surface area contributed by atoms with E-state index in [1.165, 1.54) is 27.8 Å². The van der Waals surface area contributed by atoms with Gasteiger partial charge in [-0.05, 0) is 0 Å². The molecule has 1 aromatic carbocycles. The first-order valence-electron chi connectivity index (χ1n) is 8.72. The van der Waals surface area contributed by atoms with Crippen molar-refractivity contribution in [1.82, 2.24) is 14.8 Å². The summed E-state index contributed by atoms with van der Waals surface area (Å²) in [5, 5.41) is 8.12. The average molecular weight is 480 g/mol. The maximum absolute atomic E-state index is 4.06. The third-order valence-electron chi connectivity index (χ3n) is 5.96. The van der Waals surface area contributed by atoms with E-state index in [2.05, 4.69) is 79.7 Å². The van der Waals surface area contributed by atoms with E-state index in [0.29, 0.717) is 0 Å². The van der Waals surface area contributed by atoms with Crippen molar-refractivity contribution in [3.05, 3.63) is 71.3 Å². The smallest absolute Gasteiger partial charge is 1.00 e. The Bertz CT molecular complexity index is 940. The van der Waals surface area contributed by atoms with Crippen LogP contribution in [-0.4, -0.2) is 14.8 Å². The maximum Gasteiger partial charge on any atom is -1.00 e. The predicted molar refractivity (Wildman–Crippen MR) is 97.4 cm³/mol. The molecule has 3 nitrogen and oxygen atoms in total. The fourth-order valence-corrected chi connectivity index (χ4v) is 8.57. The number of hydrogen-bond acceptors (Lipinski definition) is 2. The van der Waals surface area contributed by atoms with Crippen LogP contribution in [0.4, 0.5) is 0 Å². The number of rotatable bonds is 3. The molecule has 0 saturated heterocycles. The molecule has 0 N–H and O–H groups in total. The fraction of sp³-hybridized carbons (Fsp3) is 0.333. The van der Waals surface area contributed by atoms with Crippen LogP contribution >= 0.6 is 0 Å². The topological polar surface area (TPSA) is 30.7 Å². The molecular weight excluding hydrogens is 456 g/mol. The van der Waals surface area contributed by atoms with Gasteiger partial charge in [0.15, 0.2) is 0 Å². The van der Waals surface area contributed by atoms with Gasteiger partial charge < -0.3 is 24.8 Å². The Morgan fingerprint density at radius 2 is 1.59 bits per heavy atom. The monoisotopic (exact) mass is 477 g/mol. The molecule has 2 aliphatic rings. The van der Waals surface area contributed by atoms with Crippen molar-refractivity contribution >= 4 is 6.08 Å². The SMILES string of the molecule is CC1=C(C)C(C)(C)[C]([Zr+2][C]2=Cc3ccccc3C2n2cnnc2)=C1C.[Cl-].[Cl-]. The summed E-state index contributed by atoms with van der Waals surface area (Å²) in [6.45, 7) is 11.7.